The predicted molar refractivity (Wildman–Crippen MR) is 83.1 cm³/mol. The van der Waals surface area contributed by atoms with Gasteiger partial charge in [0.1, 0.15) is 12.4 Å². The normalized spacial score (nSPS) is 11.1. The number of para-hydroxylation sites is 1. The minimum Gasteiger partial charge on any atom is -0.492 e. The molecule has 0 aromatic heterocycles. The van der Waals surface area contributed by atoms with Gasteiger partial charge in [-0.15, -0.1) is 0 Å². The van der Waals surface area contributed by atoms with Crippen molar-refractivity contribution in [2.24, 2.45) is 0 Å². The van der Waals surface area contributed by atoms with Crippen LogP contribution >= 0.6 is 0 Å². The highest BCUT2D eigenvalue weighted by molar-refractivity contribution is 7.89. The van der Waals surface area contributed by atoms with Crippen LogP contribution in [0.25, 0.3) is 0 Å². The topological polar surface area (TPSA) is 67.4 Å². The molecule has 0 bridgehead atoms. The first-order valence-electron chi connectivity index (χ1n) is 6.57. The molecule has 6 heteroatoms. The third kappa shape index (κ3) is 4.47. The van der Waals surface area contributed by atoms with Crippen LogP contribution in [0.1, 0.15) is 0 Å². The molecule has 0 aliphatic carbocycles. The van der Waals surface area contributed by atoms with E-state index in [0.717, 1.165) is 11.4 Å². The average Bonchev–Trinajstić information content (AvgIpc) is 2.53. The number of anilines is 1. The van der Waals surface area contributed by atoms with E-state index in [4.69, 9.17) is 4.74 Å². The molecule has 5 nitrogen and oxygen atoms in total. The Morgan fingerprint density at radius 2 is 1.67 bits per heavy atom. The molecule has 112 valence electrons. The van der Waals surface area contributed by atoms with Crippen LogP contribution in [0, 0.1) is 0 Å². The second-order valence-electron chi connectivity index (χ2n) is 4.33. The minimum absolute atomic E-state index is 0.213. The maximum atomic E-state index is 12.1. The highest BCUT2D eigenvalue weighted by Crippen LogP contribution is 2.13. The quantitative estimate of drug-likeness (QED) is 0.769. The molecule has 0 saturated heterocycles. The van der Waals surface area contributed by atoms with E-state index in [1.807, 2.05) is 30.3 Å². The zero-order chi connectivity index (χ0) is 15.1. The highest BCUT2D eigenvalue weighted by atomic mass is 32.2. The number of benzene rings is 2. The number of ether oxygens (including phenoxy) is 1. The molecular formula is C15H18N2O3S. The molecule has 2 aromatic rings. The Bertz CT molecular complexity index is 655. The maximum Gasteiger partial charge on any atom is 0.240 e. The van der Waals surface area contributed by atoms with Crippen LogP contribution in [-0.4, -0.2) is 28.6 Å². The van der Waals surface area contributed by atoms with Crippen molar-refractivity contribution in [3.05, 3.63) is 54.6 Å². The lowest BCUT2D eigenvalue weighted by Crippen LogP contribution is -2.28. The van der Waals surface area contributed by atoms with Crippen molar-refractivity contribution in [2.75, 3.05) is 25.5 Å². The summed E-state index contributed by atoms with van der Waals surface area (Å²) in [5.41, 5.74) is 0.862. The fourth-order valence-electron chi connectivity index (χ4n) is 1.75. The van der Waals surface area contributed by atoms with Gasteiger partial charge in [-0.25, -0.2) is 13.1 Å². The molecule has 2 rings (SSSR count). The molecule has 0 unspecified atom stereocenters. The molecule has 2 N–H and O–H groups in total. The van der Waals surface area contributed by atoms with Crippen LogP contribution in [0.5, 0.6) is 5.75 Å². The molecule has 2 aromatic carbocycles. The Morgan fingerprint density at radius 3 is 2.29 bits per heavy atom. The van der Waals surface area contributed by atoms with Gasteiger partial charge >= 0.3 is 0 Å². The van der Waals surface area contributed by atoms with E-state index < -0.39 is 10.0 Å². The van der Waals surface area contributed by atoms with Gasteiger partial charge in [0.15, 0.2) is 0 Å². The lowest BCUT2D eigenvalue weighted by atomic mass is 10.3. The summed E-state index contributed by atoms with van der Waals surface area (Å²) in [5, 5.41) is 2.94. The molecule has 21 heavy (non-hydrogen) atoms. The van der Waals surface area contributed by atoms with E-state index >= 15 is 0 Å². The number of nitrogens with one attached hydrogen (secondary N) is 2. The summed E-state index contributed by atoms with van der Waals surface area (Å²) in [6, 6.07) is 15.8. The standard InChI is InChI=1S/C15H18N2O3S/c1-16-13-7-9-15(10-8-13)21(18,19)17-11-12-20-14-5-3-2-4-6-14/h2-10,16-17H,11-12H2,1H3. The monoisotopic (exact) mass is 306 g/mol. The summed E-state index contributed by atoms with van der Waals surface area (Å²) in [4.78, 5) is 0.237. The van der Waals surface area contributed by atoms with Crippen molar-refractivity contribution in [1.82, 2.24) is 4.72 Å². The second kappa shape index (κ2) is 7.10. The molecular weight excluding hydrogens is 288 g/mol. The second-order valence-corrected chi connectivity index (χ2v) is 6.10. The molecule has 0 spiro atoms. The molecule has 0 amide bonds. The van der Waals surface area contributed by atoms with Gasteiger partial charge in [0.25, 0.3) is 0 Å². The fourth-order valence-corrected chi connectivity index (χ4v) is 2.76. The first-order valence-corrected chi connectivity index (χ1v) is 8.05. The lowest BCUT2D eigenvalue weighted by Gasteiger charge is -2.09. The third-order valence-corrected chi connectivity index (χ3v) is 4.34. The number of hydrogen-bond acceptors (Lipinski definition) is 4. The van der Waals surface area contributed by atoms with Crippen molar-refractivity contribution in [1.29, 1.82) is 0 Å². The van der Waals surface area contributed by atoms with Crippen molar-refractivity contribution in [2.45, 2.75) is 4.90 Å². The summed E-state index contributed by atoms with van der Waals surface area (Å²) in [6.07, 6.45) is 0. The molecule has 0 atom stereocenters. The summed E-state index contributed by atoms with van der Waals surface area (Å²) in [6.45, 7) is 0.489. The van der Waals surface area contributed by atoms with Gasteiger partial charge in [-0.2, -0.15) is 0 Å². The van der Waals surface area contributed by atoms with Gasteiger partial charge < -0.3 is 10.1 Å². The smallest absolute Gasteiger partial charge is 0.240 e. The largest absolute Gasteiger partial charge is 0.492 e. The highest BCUT2D eigenvalue weighted by Gasteiger charge is 2.12. The average molecular weight is 306 g/mol. The molecule has 0 aliphatic rings. The van der Waals surface area contributed by atoms with Gasteiger partial charge in [-0.3, -0.25) is 0 Å². The number of rotatable bonds is 7. The van der Waals surface area contributed by atoms with E-state index in [1.54, 1.807) is 31.3 Å². The van der Waals surface area contributed by atoms with Gasteiger partial charge in [0.2, 0.25) is 10.0 Å². The van der Waals surface area contributed by atoms with Crippen LogP contribution in [0.4, 0.5) is 5.69 Å². The van der Waals surface area contributed by atoms with E-state index in [9.17, 15) is 8.42 Å². The molecule has 0 radical (unpaired) electrons. The van der Waals surface area contributed by atoms with Crippen molar-refractivity contribution < 1.29 is 13.2 Å². The first-order chi connectivity index (χ1) is 10.1. The van der Waals surface area contributed by atoms with Gasteiger partial charge in [0, 0.05) is 19.3 Å². The fraction of sp³-hybridized carbons (Fsp3) is 0.200. The SMILES string of the molecule is CNc1ccc(S(=O)(=O)NCCOc2ccccc2)cc1. The Hall–Kier alpha value is -2.05. The third-order valence-electron chi connectivity index (χ3n) is 2.86. The molecule has 0 saturated carbocycles. The van der Waals surface area contributed by atoms with Crippen LogP contribution < -0.4 is 14.8 Å². The Morgan fingerprint density at radius 1 is 1.00 bits per heavy atom. The molecule has 0 fully saturated rings. The van der Waals surface area contributed by atoms with E-state index in [2.05, 4.69) is 10.0 Å². The summed E-state index contributed by atoms with van der Waals surface area (Å²) in [5.74, 6) is 0.718. The molecule has 0 heterocycles. The van der Waals surface area contributed by atoms with Crippen LogP contribution in [0.3, 0.4) is 0 Å². The van der Waals surface area contributed by atoms with Crippen molar-refractivity contribution in [3.8, 4) is 5.75 Å². The van der Waals surface area contributed by atoms with Gasteiger partial charge in [0.05, 0.1) is 4.90 Å². The summed E-state index contributed by atoms with van der Waals surface area (Å²) < 4.78 is 32.1. The molecule has 0 aliphatic heterocycles. The van der Waals surface area contributed by atoms with E-state index in [-0.39, 0.29) is 18.0 Å². The van der Waals surface area contributed by atoms with Crippen molar-refractivity contribution >= 4 is 15.7 Å². The number of hydrogen-bond donors (Lipinski definition) is 2. The van der Waals surface area contributed by atoms with Crippen LogP contribution in [0.2, 0.25) is 0 Å². The van der Waals surface area contributed by atoms with Crippen molar-refractivity contribution in [3.63, 3.8) is 0 Å². The van der Waals surface area contributed by atoms with Crippen LogP contribution in [-0.2, 0) is 10.0 Å². The summed E-state index contributed by atoms with van der Waals surface area (Å²) >= 11 is 0. The number of sulfonamides is 1. The first kappa shape index (κ1) is 15.3. The Labute approximate surface area is 125 Å². The minimum atomic E-state index is -3.50. The van der Waals surface area contributed by atoms with Gasteiger partial charge in [-0.05, 0) is 36.4 Å². The van der Waals surface area contributed by atoms with E-state index in [0.29, 0.717) is 0 Å². The predicted octanol–water partition coefficient (Wildman–Crippen LogP) is 2.09. The zero-order valence-corrected chi connectivity index (χ0v) is 12.6. The summed E-state index contributed by atoms with van der Waals surface area (Å²) in [7, 11) is -1.72. The van der Waals surface area contributed by atoms with E-state index in [1.165, 1.54) is 0 Å². The maximum absolute atomic E-state index is 12.1. The lowest BCUT2D eigenvalue weighted by molar-refractivity contribution is 0.323. The Balaban J connectivity index is 1.86. The Kier molecular flexibility index (Phi) is 5.19. The van der Waals surface area contributed by atoms with Crippen LogP contribution in [0.15, 0.2) is 59.5 Å². The zero-order valence-electron chi connectivity index (χ0n) is 11.7. The van der Waals surface area contributed by atoms with Gasteiger partial charge in [-0.1, -0.05) is 18.2 Å².